The molecule has 2 heteroatoms. The molecule has 0 bridgehead atoms. The van der Waals surface area contributed by atoms with E-state index in [-0.39, 0.29) is 6.04 Å². The van der Waals surface area contributed by atoms with Gasteiger partial charge in [-0.15, -0.1) is 0 Å². The van der Waals surface area contributed by atoms with Gasteiger partial charge in [-0.05, 0) is 30.9 Å². The number of hydrogen-bond acceptors (Lipinski definition) is 2. The van der Waals surface area contributed by atoms with Crippen molar-refractivity contribution < 1.29 is 4.74 Å². The molecule has 2 aromatic carbocycles. The molecule has 0 amide bonds. The van der Waals surface area contributed by atoms with Gasteiger partial charge in [0.25, 0.3) is 0 Å². The molecule has 1 heterocycles. The van der Waals surface area contributed by atoms with Crippen molar-refractivity contribution in [1.82, 2.24) is 5.32 Å². The van der Waals surface area contributed by atoms with E-state index in [2.05, 4.69) is 66.8 Å². The normalized spacial score (nSPS) is 19.6. The van der Waals surface area contributed by atoms with Gasteiger partial charge in [0.2, 0.25) is 0 Å². The van der Waals surface area contributed by atoms with Crippen LogP contribution in [0, 0.1) is 6.92 Å². The highest BCUT2D eigenvalue weighted by atomic mass is 16.5. The van der Waals surface area contributed by atoms with E-state index < -0.39 is 0 Å². The van der Waals surface area contributed by atoms with Gasteiger partial charge >= 0.3 is 0 Å². The lowest BCUT2D eigenvalue weighted by molar-refractivity contribution is 0.108. The van der Waals surface area contributed by atoms with Gasteiger partial charge < -0.3 is 10.1 Å². The highest BCUT2D eigenvalue weighted by Crippen LogP contribution is 2.23. The molecule has 2 nitrogen and oxygen atoms in total. The summed E-state index contributed by atoms with van der Waals surface area (Å²) >= 11 is 0. The first kappa shape index (κ1) is 14.3. The molecule has 1 saturated heterocycles. The van der Waals surface area contributed by atoms with Crippen LogP contribution < -0.4 is 5.32 Å². The van der Waals surface area contributed by atoms with Crippen molar-refractivity contribution in [1.29, 1.82) is 0 Å². The van der Waals surface area contributed by atoms with Crippen LogP contribution in [0.25, 0.3) is 0 Å². The zero-order chi connectivity index (χ0) is 14.5. The fraction of sp³-hybridized carbons (Fsp3) is 0.368. The van der Waals surface area contributed by atoms with Crippen LogP contribution in [0.2, 0.25) is 0 Å². The molecule has 1 fully saturated rings. The third kappa shape index (κ3) is 3.72. The van der Waals surface area contributed by atoms with Gasteiger partial charge in [-0.2, -0.15) is 0 Å². The summed E-state index contributed by atoms with van der Waals surface area (Å²) in [6.07, 6.45) is 2.72. The molecule has 1 aliphatic rings. The molecular formula is C19H23NO. The Kier molecular flexibility index (Phi) is 4.69. The van der Waals surface area contributed by atoms with Crippen LogP contribution >= 0.6 is 0 Å². The minimum Gasteiger partial charge on any atom is -0.377 e. The van der Waals surface area contributed by atoms with E-state index in [0.717, 1.165) is 13.2 Å². The first-order valence-corrected chi connectivity index (χ1v) is 7.79. The van der Waals surface area contributed by atoms with Crippen LogP contribution in [-0.2, 0) is 4.74 Å². The smallest absolute Gasteiger partial charge is 0.0700 e. The molecule has 1 N–H and O–H groups in total. The zero-order valence-corrected chi connectivity index (χ0v) is 12.6. The Morgan fingerprint density at radius 3 is 2.62 bits per heavy atom. The largest absolute Gasteiger partial charge is 0.377 e. The van der Waals surface area contributed by atoms with Gasteiger partial charge in [0.1, 0.15) is 0 Å². The molecule has 1 aliphatic heterocycles. The quantitative estimate of drug-likeness (QED) is 0.898. The first-order valence-electron chi connectivity index (χ1n) is 7.79. The van der Waals surface area contributed by atoms with Gasteiger partial charge in [-0.3, -0.25) is 0 Å². The summed E-state index contributed by atoms with van der Waals surface area (Å²) in [6, 6.07) is 19.6. The molecule has 0 spiro atoms. The van der Waals surface area contributed by atoms with Crippen molar-refractivity contribution in [2.45, 2.75) is 31.9 Å². The Morgan fingerprint density at radius 1 is 1.10 bits per heavy atom. The average Bonchev–Trinajstić information content (AvgIpc) is 3.02. The molecule has 1 unspecified atom stereocenters. The molecule has 2 atom stereocenters. The van der Waals surface area contributed by atoms with Gasteiger partial charge in [0, 0.05) is 13.2 Å². The maximum atomic E-state index is 5.74. The number of aryl methyl sites for hydroxylation is 1. The molecule has 0 aliphatic carbocycles. The fourth-order valence-electron chi connectivity index (χ4n) is 2.98. The highest BCUT2D eigenvalue weighted by Gasteiger charge is 2.19. The zero-order valence-electron chi connectivity index (χ0n) is 12.6. The topological polar surface area (TPSA) is 21.3 Å². The number of benzene rings is 2. The summed E-state index contributed by atoms with van der Waals surface area (Å²) in [7, 11) is 0. The Hall–Kier alpha value is -1.64. The summed E-state index contributed by atoms with van der Waals surface area (Å²) in [5.41, 5.74) is 3.92. The van der Waals surface area contributed by atoms with Gasteiger partial charge in [-0.1, -0.05) is 60.2 Å². The predicted octanol–water partition coefficient (Wildman–Crippen LogP) is 3.85. The minimum atomic E-state index is 0.232. The number of nitrogens with one attached hydrogen (secondary N) is 1. The van der Waals surface area contributed by atoms with Gasteiger partial charge in [0.05, 0.1) is 12.1 Å². The van der Waals surface area contributed by atoms with Crippen molar-refractivity contribution in [2.75, 3.05) is 13.2 Å². The first-order chi connectivity index (χ1) is 10.3. The van der Waals surface area contributed by atoms with Crippen molar-refractivity contribution in [3.05, 3.63) is 71.3 Å². The van der Waals surface area contributed by atoms with Gasteiger partial charge in [0.15, 0.2) is 0 Å². The van der Waals surface area contributed by atoms with Crippen molar-refractivity contribution in [3.8, 4) is 0 Å². The van der Waals surface area contributed by atoms with E-state index in [1.54, 1.807) is 0 Å². The van der Waals surface area contributed by atoms with Crippen molar-refractivity contribution in [2.24, 2.45) is 0 Å². The minimum absolute atomic E-state index is 0.232. The number of hydrogen-bond donors (Lipinski definition) is 1. The second-order valence-corrected chi connectivity index (χ2v) is 5.80. The second kappa shape index (κ2) is 6.88. The molecule has 21 heavy (non-hydrogen) atoms. The van der Waals surface area contributed by atoms with E-state index in [1.165, 1.54) is 29.5 Å². The fourth-order valence-corrected chi connectivity index (χ4v) is 2.98. The number of rotatable bonds is 5. The predicted molar refractivity (Wildman–Crippen MR) is 86.4 cm³/mol. The lowest BCUT2D eigenvalue weighted by Gasteiger charge is -2.22. The van der Waals surface area contributed by atoms with E-state index in [4.69, 9.17) is 4.74 Å². The van der Waals surface area contributed by atoms with Crippen molar-refractivity contribution >= 4 is 0 Å². The highest BCUT2D eigenvalue weighted by molar-refractivity contribution is 5.33. The molecular weight excluding hydrogens is 258 g/mol. The second-order valence-electron chi connectivity index (χ2n) is 5.80. The van der Waals surface area contributed by atoms with E-state index in [0.29, 0.717) is 6.10 Å². The Labute approximate surface area is 127 Å². The molecule has 0 aromatic heterocycles. The maximum absolute atomic E-state index is 5.74. The van der Waals surface area contributed by atoms with Crippen molar-refractivity contribution in [3.63, 3.8) is 0 Å². The van der Waals surface area contributed by atoms with Crippen LogP contribution in [0.1, 0.15) is 35.6 Å². The maximum Gasteiger partial charge on any atom is 0.0700 e. The monoisotopic (exact) mass is 281 g/mol. The van der Waals surface area contributed by atoms with Crippen LogP contribution in [0.4, 0.5) is 0 Å². The summed E-state index contributed by atoms with van der Waals surface area (Å²) in [5, 5.41) is 3.70. The van der Waals surface area contributed by atoms with Crippen LogP contribution in [0.15, 0.2) is 54.6 Å². The number of ether oxygens (including phenoxy) is 1. The lowest BCUT2D eigenvalue weighted by atomic mass is 9.97. The lowest BCUT2D eigenvalue weighted by Crippen LogP contribution is -2.30. The average molecular weight is 281 g/mol. The Morgan fingerprint density at radius 2 is 1.90 bits per heavy atom. The molecule has 110 valence electrons. The summed E-state index contributed by atoms with van der Waals surface area (Å²) in [5.74, 6) is 0. The van der Waals surface area contributed by atoms with E-state index in [1.807, 2.05) is 0 Å². The summed E-state index contributed by atoms with van der Waals surface area (Å²) < 4.78 is 5.74. The van der Waals surface area contributed by atoms with E-state index >= 15 is 0 Å². The molecule has 2 aromatic rings. The van der Waals surface area contributed by atoms with E-state index in [9.17, 15) is 0 Å². The Balaban J connectivity index is 1.80. The van der Waals surface area contributed by atoms with Crippen LogP contribution in [0.5, 0.6) is 0 Å². The standard InChI is InChI=1S/C19H23NO/c1-15-7-5-10-17(13-15)19(16-8-3-2-4-9-16)20-14-18-11-6-12-21-18/h2-5,7-10,13,18-20H,6,11-12,14H2,1H3/t18-,19?/m1/s1. The third-order valence-electron chi connectivity index (χ3n) is 4.08. The molecule has 0 saturated carbocycles. The Bertz CT molecular complexity index is 561. The summed E-state index contributed by atoms with van der Waals surface area (Å²) in [4.78, 5) is 0. The van der Waals surface area contributed by atoms with Gasteiger partial charge in [-0.25, -0.2) is 0 Å². The SMILES string of the molecule is Cc1cccc(C(NC[C@H]2CCCO2)c2ccccc2)c1. The van der Waals surface area contributed by atoms with Crippen LogP contribution in [-0.4, -0.2) is 19.3 Å². The summed E-state index contributed by atoms with van der Waals surface area (Å²) in [6.45, 7) is 3.96. The molecule has 3 rings (SSSR count). The van der Waals surface area contributed by atoms with Crippen LogP contribution in [0.3, 0.4) is 0 Å². The molecule has 0 radical (unpaired) electrons. The third-order valence-corrected chi connectivity index (χ3v) is 4.08.